The lowest BCUT2D eigenvalue weighted by molar-refractivity contribution is -0.122. The Balaban J connectivity index is 2.51. The third-order valence-electron chi connectivity index (χ3n) is 1.86. The predicted octanol–water partition coefficient (Wildman–Crippen LogP) is 0.539. The van der Waals surface area contributed by atoms with Gasteiger partial charge in [0.2, 0.25) is 5.91 Å². The molecule has 0 bridgehead atoms. The molecule has 1 aromatic heterocycles. The molecular formula is C9H15N3O. The minimum absolute atomic E-state index is 0.0199. The molecule has 0 aliphatic rings. The summed E-state index contributed by atoms with van der Waals surface area (Å²) in [6.45, 7) is 3.57. The van der Waals surface area contributed by atoms with Crippen LogP contribution in [0.3, 0.4) is 0 Å². The zero-order chi connectivity index (χ0) is 9.84. The molecule has 2 atom stereocenters. The molecular weight excluding hydrogens is 166 g/mol. The van der Waals surface area contributed by atoms with Crippen LogP contribution >= 0.6 is 0 Å². The lowest BCUT2D eigenvalue weighted by atomic mass is 10.2. The van der Waals surface area contributed by atoms with Crippen molar-refractivity contribution in [3.05, 3.63) is 24.0 Å². The molecule has 0 aromatic carbocycles. The third kappa shape index (κ3) is 2.59. The molecule has 4 heteroatoms. The molecule has 4 nitrogen and oxygen atoms in total. The van der Waals surface area contributed by atoms with E-state index in [4.69, 9.17) is 5.73 Å². The van der Waals surface area contributed by atoms with Gasteiger partial charge in [-0.1, -0.05) is 0 Å². The average Bonchev–Trinajstić information content (AvgIpc) is 2.55. The average molecular weight is 181 g/mol. The van der Waals surface area contributed by atoms with E-state index in [9.17, 15) is 4.79 Å². The summed E-state index contributed by atoms with van der Waals surface area (Å²) in [5, 5.41) is 2.79. The fourth-order valence-corrected chi connectivity index (χ4v) is 1.04. The Morgan fingerprint density at radius 3 is 2.77 bits per heavy atom. The minimum atomic E-state index is -0.461. The number of H-pyrrole nitrogens is 1. The molecule has 0 saturated heterocycles. The lowest BCUT2D eigenvalue weighted by Gasteiger charge is -2.13. The molecule has 1 heterocycles. The van der Waals surface area contributed by atoms with Crippen molar-refractivity contribution in [2.45, 2.75) is 25.9 Å². The Bertz CT molecular complexity index is 266. The van der Waals surface area contributed by atoms with Gasteiger partial charge in [0.15, 0.2) is 0 Å². The van der Waals surface area contributed by atoms with Gasteiger partial charge in [-0.05, 0) is 26.0 Å². The van der Waals surface area contributed by atoms with Gasteiger partial charge >= 0.3 is 0 Å². The number of rotatable bonds is 3. The molecule has 0 fully saturated rings. The first-order chi connectivity index (χ1) is 6.11. The summed E-state index contributed by atoms with van der Waals surface area (Å²) in [5.74, 6) is -0.137. The van der Waals surface area contributed by atoms with Crippen molar-refractivity contribution in [2.24, 2.45) is 5.73 Å². The number of hydrogen-bond donors (Lipinski definition) is 3. The second-order valence-electron chi connectivity index (χ2n) is 3.14. The maximum atomic E-state index is 11.2. The summed E-state index contributed by atoms with van der Waals surface area (Å²) >= 11 is 0. The first-order valence-corrected chi connectivity index (χ1v) is 4.30. The van der Waals surface area contributed by atoms with Crippen molar-refractivity contribution in [3.63, 3.8) is 0 Å². The molecule has 0 aliphatic carbocycles. The van der Waals surface area contributed by atoms with Gasteiger partial charge in [-0.25, -0.2) is 0 Å². The normalized spacial score (nSPS) is 15.0. The van der Waals surface area contributed by atoms with Crippen LogP contribution in [0.1, 0.15) is 25.6 Å². The van der Waals surface area contributed by atoms with E-state index in [2.05, 4.69) is 10.3 Å². The van der Waals surface area contributed by atoms with Gasteiger partial charge in [0.25, 0.3) is 0 Å². The number of nitrogens with one attached hydrogen (secondary N) is 2. The van der Waals surface area contributed by atoms with Crippen LogP contribution in [0.15, 0.2) is 18.3 Å². The molecule has 0 aliphatic heterocycles. The number of carbonyl (C=O) groups excluding carboxylic acids is 1. The fourth-order valence-electron chi connectivity index (χ4n) is 1.04. The SMILES string of the molecule is CC(N)C(=O)NC(C)c1ccc[nH]1. The molecule has 72 valence electrons. The van der Waals surface area contributed by atoms with E-state index in [0.717, 1.165) is 5.69 Å². The van der Waals surface area contributed by atoms with Crippen LogP contribution in [0.5, 0.6) is 0 Å². The topological polar surface area (TPSA) is 70.9 Å². The Labute approximate surface area is 77.5 Å². The number of aromatic nitrogens is 1. The van der Waals surface area contributed by atoms with Gasteiger partial charge in [-0.2, -0.15) is 0 Å². The van der Waals surface area contributed by atoms with Gasteiger partial charge in [-0.3, -0.25) is 4.79 Å². The first kappa shape index (κ1) is 9.80. The van der Waals surface area contributed by atoms with E-state index in [1.807, 2.05) is 25.3 Å². The van der Waals surface area contributed by atoms with Gasteiger partial charge < -0.3 is 16.0 Å². The number of aromatic amines is 1. The summed E-state index contributed by atoms with van der Waals surface area (Å²) in [6, 6.07) is 3.33. The zero-order valence-electron chi connectivity index (χ0n) is 7.87. The Morgan fingerprint density at radius 2 is 2.31 bits per heavy atom. The zero-order valence-corrected chi connectivity index (χ0v) is 7.87. The van der Waals surface area contributed by atoms with Crippen LogP contribution in [0.2, 0.25) is 0 Å². The lowest BCUT2D eigenvalue weighted by Crippen LogP contribution is -2.39. The smallest absolute Gasteiger partial charge is 0.237 e. The summed E-state index contributed by atoms with van der Waals surface area (Å²) in [6.07, 6.45) is 1.82. The van der Waals surface area contributed by atoms with Crippen LogP contribution in [-0.4, -0.2) is 16.9 Å². The summed E-state index contributed by atoms with van der Waals surface area (Å²) < 4.78 is 0. The predicted molar refractivity (Wildman–Crippen MR) is 51.0 cm³/mol. The minimum Gasteiger partial charge on any atom is -0.363 e. The maximum absolute atomic E-state index is 11.2. The Hall–Kier alpha value is -1.29. The van der Waals surface area contributed by atoms with Crippen molar-refractivity contribution < 1.29 is 4.79 Å². The second-order valence-corrected chi connectivity index (χ2v) is 3.14. The third-order valence-corrected chi connectivity index (χ3v) is 1.86. The molecule has 0 saturated carbocycles. The van der Waals surface area contributed by atoms with Crippen LogP contribution in [0, 0.1) is 0 Å². The highest BCUT2D eigenvalue weighted by atomic mass is 16.2. The van der Waals surface area contributed by atoms with Crippen LogP contribution < -0.4 is 11.1 Å². The molecule has 4 N–H and O–H groups in total. The Kier molecular flexibility index (Phi) is 3.08. The van der Waals surface area contributed by atoms with Crippen LogP contribution in [-0.2, 0) is 4.79 Å². The standard InChI is InChI=1S/C9H15N3O/c1-6(10)9(13)12-7(2)8-4-3-5-11-8/h3-7,11H,10H2,1-2H3,(H,12,13). The number of hydrogen-bond acceptors (Lipinski definition) is 2. The largest absolute Gasteiger partial charge is 0.363 e. The van der Waals surface area contributed by atoms with Crippen molar-refractivity contribution in [1.29, 1.82) is 0 Å². The van der Waals surface area contributed by atoms with E-state index >= 15 is 0 Å². The van der Waals surface area contributed by atoms with Crippen molar-refractivity contribution in [2.75, 3.05) is 0 Å². The maximum Gasteiger partial charge on any atom is 0.237 e. The summed E-state index contributed by atoms with van der Waals surface area (Å²) in [5.41, 5.74) is 6.40. The summed E-state index contributed by atoms with van der Waals surface area (Å²) in [7, 11) is 0. The van der Waals surface area contributed by atoms with Crippen molar-refractivity contribution >= 4 is 5.91 Å². The molecule has 0 spiro atoms. The number of nitrogens with two attached hydrogens (primary N) is 1. The van der Waals surface area contributed by atoms with Crippen molar-refractivity contribution in [1.82, 2.24) is 10.3 Å². The second kappa shape index (κ2) is 4.09. The molecule has 13 heavy (non-hydrogen) atoms. The van der Waals surface area contributed by atoms with Crippen LogP contribution in [0.25, 0.3) is 0 Å². The quantitative estimate of drug-likeness (QED) is 0.637. The fraction of sp³-hybridized carbons (Fsp3) is 0.444. The first-order valence-electron chi connectivity index (χ1n) is 4.30. The highest BCUT2D eigenvalue weighted by molar-refractivity contribution is 5.81. The van der Waals surface area contributed by atoms with E-state index in [0.29, 0.717) is 0 Å². The van der Waals surface area contributed by atoms with Crippen molar-refractivity contribution in [3.8, 4) is 0 Å². The molecule has 1 rings (SSSR count). The van der Waals surface area contributed by atoms with Gasteiger partial charge in [-0.15, -0.1) is 0 Å². The summed E-state index contributed by atoms with van der Waals surface area (Å²) in [4.78, 5) is 14.2. The molecule has 1 amide bonds. The van der Waals surface area contributed by atoms with E-state index in [-0.39, 0.29) is 11.9 Å². The Morgan fingerprint density at radius 1 is 1.62 bits per heavy atom. The number of carbonyl (C=O) groups is 1. The van der Waals surface area contributed by atoms with Crippen LogP contribution in [0.4, 0.5) is 0 Å². The van der Waals surface area contributed by atoms with E-state index in [1.54, 1.807) is 6.92 Å². The molecule has 2 unspecified atom stereocenters. The number of amides is 1. The highest BCUT2D eigenvalue weighted by Gasteiger charge is 2.12. The van der Waals surface area contributed by atoms with Gasteiger partial charge in [0.05, 0.1) is 12.1 Å². The van der Waals surface area contributed by atoms with E-state index in [1.165, 1.54) is 0 Å². The van der Waals surface area contributed by atoms with E-state index < -0.39 is 6.04 Å². The van der Waals surface area contributed by atoms with Gasteiger partial charge in [0, 0.05) is 11.9 Å². The molecule has 1 aromatic rings. The highest BCUT2D eigenvalue weighted by Crippen LogP contribution is 2.08. The van der Waals surface area contributed by atoms with Gasteiger partial charge in [0.1, 0.15) is 0 Å². The monoisotopic (exact) mass is 181 g/mol. The molecule has 0 radical (unpaired) electrons.